The summed E-state index contributed by atoms with van der Waals surface area (Å²) in [7, 11) is 0. The van der Waals surface area contributed by atoms with Crippen LogP contribution >= 0.6 is 11.3 Å². The fourth-order valence-electron chi connectivity index (χ4n) is 3.00. The number of rotatable bonds is 6. The van der Waals surface area contributed by atoms with Gasteiger partial charge in [0.25, 0.3) is 5.91 Å². The van der Waals surface area contributed by atoms with Gasteiger partial charge in [-0.05, 0) is 24.6 Å². The van der Waals surface area contributed by atoms with Crippen LogP contribution in [0, 0.1) is 12.7 Å². The van der Waals surface area contributed by atoms with Crippen molar-refractivity contribution >= 4 is 28.4 Å². The van der Waals surface area contributed by atoms with Gasteiger partial charge in [-0.25, -0.2) is 19.2 Å². The average Bonchev–Trinajstić information content (AvgIpc) is 3.43. The van der Waals surface area contributed by atoms with E-state index >= 15 is 0 Å². The Morgan fingerprint density at radius 1 is 1.31 bits per heavy atom. The number of aryl methyl sites for hydroxylation is 1. The van der Waals surface area contributed by atoms with Crippen LogP contribution in [0.25, 0.3) is 0 Å². The Kier molecular flexibility index (Phi) is 5.26. The first kappa shape index (κ1) is 19.1. The van der Waals surface area contributed by atoms with Crippen molar-refractivity contribution in [3.63, 3.8) is 0 Å². The molecule has 3 heterocycles. The minimum atomic E-state index is -0.309. The van der Waals surface area contributed by atoms with Crippen LogP contribution in [0.15, 0.2) is 41.3 Å². The molecule has 1 aliphatic heterocycles. The predicted octanol–water partition coefficient (Wildman–Crippen LogP) is 2.95. The quantitative estimate of drug-likeness (QED) is 0.668. The van der Waals surface area contributed by atoms with E-state index in [0.29, 0.717) is 41.0 Å². The molecule has 4 rings (SSSR count). The standard InChI is InChI=1S/C19H18FN5O3S/c1-12-16(17(26)21-8-15-10-28-11-22-15)29-18(23-12)25-7-6-24(19(25)27)9-13-2-4-14(20)5-3-13/h2-5,10-11H,6-9H2,1H3,(H,21,26). The molecule has 0 aliphatic carbocycles. The molecule has 8 nitrogen and oxygen atoms in total. The third-order valence-corrected chi connectivity index (χ3v) is 5.70. The number of nitrogens with zero attached hydrogens (tertiary/aromatic N) is 4. The first-order chi connectivity index (χ1) is 14.0. The molecule has 0 atom stereocenters. The Labute approximate surface area is 170 Å². The van der Waals surface area contributed by atoms with Gasteiger partial charge in [-0.1, -0.05) is 23.5 Å². The number of carbonyl (C=O) groups excluding carboxylic acids is 2. The Bertz CT molecular complexity index is 1020. The largest absolute Gasteiger partial charge is 0.451 e. The van der Waals surface area contributed by atoms with Crippen molar-refractivity contribution in [2.24, 2.45) is 0 Å². The van der Waals surface area contributed by atoms with Crippen molar-refractivity contribution in [1.82, 2.24) is 20.2 Å². The number of oxazole rings is 1. The van der Waals surface area contributed by atoms with Gasteiger partial charge in [-0.15, -0.1) is 0 Å². The van der Waals surface area contributed by atoms with Crippen molar-refractivity contribution in [1.29, 1.82) is 0 Å². The Hall–Kier alpha value is -3.27. The fourth-order valence-corrected chi connectivity index (χ4v) is 4.00. The van der Waals surface area contributed by atoms with Gasteiger partial charge in [0.05, 0.1) is 17.9 Å². The van der Waals surface area contributed by atoms with Crippen LogP contribution in [-0.2, 0) is 13.1 Å². The Morgan fingerprint density at radius 2 is 2.10 bits per heavy atom. The topological polar surface area (TPSA) is 91.6 Å². The third kappa shape index (κ3) is 4.11. The number of anilines is 1. The molecule has 1 fully saturated rings. The summed E-state index contributed by atoms with van der Waals surface area (Å²) < 4.78 is 17.9. The zero-order valence-electron chi connectivity index (χ0n) is 15.6. The lowest BCUT2D eigenvalue weighted by Gasteiger charge is -2.16. The number of aromatic nitrogens is 2. The van der Waals surface area contributed by atoms with Crippen LogP contribution in [0.1, 0.15) is 26.6 Å². The molecule has 2 aromatic heterocycles. The zero-order valence-corrected chi connectivity index (χ0v) is 16.4. The highest BCUT2D eigenvalue weighted by Crippen LogP contribution is 2.29. The summed E-state index contributed by atoms with van der Waals surface area (Å²) in [6.07, 6.45) is 2.76. The highest BCUT2D eigenvalue weighted by atomic mass is 32.1. The van der Waals surface area contributed by atoms with Gasteiger partial charge in [-0.3, -0.25) is 9.69 Å². The highest BCUT2D eigenvalue weighted by Gasteiger charge is 2.32. The number of nitrogens with one attached hydrogen (secondary N) is 1. The van der Waals surface area contributed by atoms with Crippen LogP contribution in [0.2, 0.25) is 0 Å². The number of hydrogen-bond donors (Lipinski definition) is 1. The SMILES string of the molecule is Cc1nc(N2CCN(Cc3ccc(F)cc3)C2=O)sc1C(=O)NCc1cocn1. The summed E-state index contributed by atoms with van der Waals surface area (Å²) in [5.74, 6) is -0.584. The number of benzene rings is 1. The first-order valence-corrected chi connectivity index (χ1v) is 9.76. The molecule has 10 heteroatoms. The van der Waals surface area contributed by atoms with Gasteiger partial charge in [0, 0.05) is 19.6 Å². The summed E-state index contributed by atoms with van der Waals surface area (Å²) >= 11 is 1.18. The van der Waals surface area contributed by atoms with Crippen molar-refractivity contribution in [2.75, 3.05) is 18.0 Å². The van der Waals surface area contributed by atoms with E-state index in [4.69, 9.17) is 4.42 Å². The zero-order chi connectivity index (χ0) is 20.4. The van der Waals surface area contributed by atoms with Crippen molar-refractivity contribution < 1.29 is 18.4 Å². The molecule has 1 aromatic carbocycles. The molecule has 3 amide bonds. The molecule has 0 spiro atoms. The van der Waals surface area contributed by atoms with E-state index in [9.17, 15) is 14.0 Å². The van der Waals surface area contributed by atoms with E-state index in [1.165, 1.54) is 36.1 Å². The van der Waals surface area contributed by atoms with Gasteiger partial charge in [0.1, 0.15) is 17.0 Å². The molecular weight excluding hydrogens is 397 g/mol. The normalized spacial score (nSPS) is 13.9. The fraction of sp³-hybridized carbons (Fsp3) is 0.263. The molecule has 0 saturated carbocycles. The van der Waals surface area contributed by atoms with Gasteiger partial charge in [0.2, 0.25) is 0 Å². The summed E-state index contributed by atoms with van der Waals surface area (Å²) in [4.78, 5) is 37.3. The van der Waals surface area contributed by atoms with Crippen molar-refractivity contribution in [3.05, 3.63) is 64.6 Å². The number of hydrogen-bond acceptors (Lipinski definition) is 6. The van der Waals surface area contributed by atoms with Gasteiger partial charge in [0.15, 0.2) is 11.5 Å². The predicted molar refractivity (Wildman–Crippen MR) is 104 cm³/mol. The van der Waals surface area contributed by atoms with Crippen LogP contribution in [0.4, 0.5) is 14.3 Å². The maximum atomic E-state index is 13.1. The van der Waals surface area contributed by atoms with Gasteiger partial charge < -0.3 is 14.6 Å². The van der Waals surface area contributed by atoms with Crippen molar-refractivity contribution in [3.8, 4) is 0 Å². The highest BCUT2D eigenvalue weighted by molar-refractivity contribution is 7.17. The molecule has 1 aliphatic rings. The second-order valence-corrected chi connectivity index (χ2v) is 7.53. The summed E-state index contributed by atoms with van der Waals surface area (Å²) in [6, 6.07) is 5.90. The summed E-state index contributed by atoms with van der Waals surface area (Å²) in [6.45, 7) is 3.39. The molecule has 150 valence electrons. The lowest BCUT2D eigenvalue weighted by Crippen LogP contribution is -2.31. The molecule has 0 unspecified atom stereocenters. The third-order valence-electron chi connectivity index (χ3n) is 4.52. The number of halogens is 1. The average molecular weight is 415 g/mol. The Morgan fingerprint density at radius 3 is 2.83 bits per heavy atom. The number of urea groups is 1. The maximum Gasteiger partial charge on any atom is 0.326 e. The lowest BCUT2D eigenvalue weighted by atomic mass is 10.2. The number of carbonyl (C=O) groups is 2. The minimum Gasteiger partial charge on any atom is -0.451 e. The van der Waals surface area contributed by atoms with Crippen LogP contribution < -0.4 is 10.2 Å². The van der Waals surface area contributed by atoms with Gasteiger partial charge >= 0.3 is 6.03 Å². The number of amides is 3. The second-order valence-electron chi connectivity index (χ2n) is 6.56. The van der Waals surface area contributed by atoms with Crippen LogP contribution in [0.5, 0.6) is 0 Å². The summed E-state index contributed by atoms with van der Waals surface area (Å²) in [5, 5.41) is 3.25. The molecule has 0 bridgehead atoms. The molecule has 1 saturated heterocycles. The smallest absolute Gasteiger partial charge is 0.326 e. The monoisotopic (exact) mass is 415 g/mol. The lowest BCUT2D eigenvalue weighted by molar-refractivity contribution is 0.0953. The molecule has 0 radical (unpaired) electrons. The van der Waals surface area contributed by atoms with Crippen LogP contribution in [0.3, 0.4) is 0 Å². The second kappa shape index (κ2) is 8.00. The molecule has 1 N–H and O–H groups in total. The van der Waals surface area contributed by atoms with E-state index in [2.05, 4.69) is 15.3 Å². The van der Waals surface area contributed by atoms with Crippen molar-refractivity contribution in [2.45, 2.75) is 20.0 Å². The molecular formula is C19H18FN5O3S. The number of thiazole rings is 1. The van der Waals surface area contributed by atoms with E-state index in [-0.39, 0.29) is 24.3 Å². The van der Waals surface area contributed by atoms with E-state index in [0.717, 1.165) is 5.56 Å². The Balaban J connectivity index is 1.42. The van der Waals surface area contributed by atoms with Gasteiger partial charge in [-0.2, -0.15) is 0 Å². The summed E-state index contributed by atoms with van der Waals surface area (Å²) in [5.41, 5.74) is 2.03. The van der Waals surface area contributed by atoms with E-state index < -0.39 is 0 Å². The first-order valence-electron chi connectivity index (χ1n) is 8.95. The molecule has 3 aromatic rings. The van der Waals surface area contributed by atoms with E-state index in [1.807, 2.05) is 0 Å². The van der Waals surface area contributed by atoms with E-state index in [1.54, 1.807) is 28.9 Å². The molecule has 29 heavy (non-hydrogen) atoms. The van der Waals surface area contributed by atoms with Crippen LogP contribution in [-0.4, -0.2) is 39.9 Å². The maximum absolute atomic E-state index is 13.1. The minimum absolute atomic E-state index is 0.183.